The first-order chi connectivity index (χ1) is 11.7. The van der Waals surface area contributed by atoms with E-state index in [4.69, 9.17) is 16.3 Å². The molecule has 0 saturated heterocycles. The number of nitrogens with zero attached hydrogens (tertiary/aromatic N) is 1. The van der Waals surface area contributed by atoms with Crippen molar-refractivity contribution in [3.63, 3.8) is 0 Å². The number of anilines is 1. The largest absolute Gasteiger partial charge is 0.492 e. The molecule has 1 saturated carbocycles. The van der Waals surface area contributed by atoms with Crippen LogP contribution in [0.1, 0.15) is 35.7 Å². The Morgan fingerprint density at radius 2 is 2.17 bits per heavy atom. The van der Waals surface area contributed by atoms with Gasteiger partial charge in [0.25, 0.3) is 5.91 Å². The maximum atomic E-state index is 11.9. The molecule has 1 aromatic carbocycles. The first kappa shape index (κ1) is 16.6. The van der Waals surface area contributed by atoms with E-state index in [1.54, 1.807) is 18.3 Å². The highest BCUT2D eigenvalue weighted by molar-refractivity contribution is 6.32. The summed E-state index contributed by atoms with van der Waals surface area (Å²) < 4.78 is 5.42. The van der Waals surface area contributed by atoms with Crippen molar-refractivity contribution in [1.29, 1.82) is 0 Å². The second kappa shape index (κ2) is 7.53. The zero-order chi connectivity index (χ0) is 16.9. The van der Waals surface area contributed by atoms with Gasteiger partial charge in [-0.15, -0.1) is 0 Å². The van der Waals surface area contributed by atoms with Crippen molar-refractivity contribution in [2.75, 3.05) is 11.9 Å². The molecule has 5 nitrogen and oxygen atoms in total. The summed E-state index contributed by atoms with van der Waals surface area (Å²) in [5.74, 6) is 1.34. The molecule has 1 aliphatic carbocycles. The molecule has 0 aliphatic heterocycles. The van der Waals surface area contributed by atoms with E-state index in [0.29, 0.717) is 41.3 Å². The molecule has 2 N–H and O–H groups in total. The van der Waals surface area contributed by atoms with Crippen LogP contribution >= 0.6 is 11.6 Å². The van der Waals surface area contributed by atoms with Crippen LogP contribution < -0.4 is 15.4 Å². The fourth-order valence-electron chi connectivity index (χ4n) is 2.25. The quantitative estimate of drug-likeness (QED) is 0.804. The van der Waals surface area contributed by atoms with Gasteiger partial charge in [-0.1, -0.05) is 17.7 Å². The smallest absolute Gasteiger partial charge is 0.253 e. The van der Waals surface area contributed by atoms with Gasteiger partial charge in [-0.05, 0) is 49.6 Å². The van der Waals surface area contributed by atoms with Crippen molar-refractivity contribution in [3.8, 4) is 5.75 Å². The minimum absolute atomic E-state index is 0.0603. The molecule has 1 amide bonds. The van der Waals surface area contributed by atoms with E-state index in [1.165, 1.54) is 0 Å². The maximum absolute atomic E-state index is 11.9. The lowest BCUT2D eigenvalue weighted by molar-refractivity contribution is 0.0950. The van der Waals surface area contributed by atoms with Crippen LogP contribution in [-0.2, 0) is 6.54 Å². The highest BCUT2D eigenvalue weighted by Crippen LogP contribution is 2.25. The molecule has 0 radical (unpaired) electrons. The highest BCUT2D eigenvalue weighted by Gasteiger charge is 2.23. The number of carbonyl (C=O) groups excluding carboxylic acids is 1. The topological polar surface area (TPSA) is 63.2 Å². The van der Waals surface area contributed by atoms with Gasteiger partial charge in [0.2, 0.25) is 0 Å². The molecule has 1 fully saturated rings. The summed E-state index contributed by atoms with van der Waals surface area (Å²) in [6.07, 6.45) is 3.73. The van der Waals surface area contributed by atoms with Crippen molar-refractivity contribution < 1.29 is 9.53 Å². The number of amides is 1. The molecule has 0 unspecified atom stereocenters. The van der Waals surface area contributed by atoms with Gasteiger partial charge in [-0.3, -0.25) is 4.79 Å². The molecular weight excluding hydrogens is 326 g/mol. The summed E-state index contributed by atoms with van der Waals surface area (Å²) >= 11 is 6.18. The Kier molecular flexibility index (Phi) is 5.20. The fourth-order valence-corrected chi connectivity index (χ4v) is 2.51. The van der Waals surface area contributed by atoms with Gasteiger partial charge in [0.1, 0.15) is 11.6 Å². The summed E-state index contributed by atoms with van der Waals surface area (Å²) in [7, 11) is 0. The fraction of sp³-hybridized carbons (Fsp3) is 0.333. The average molecular weight is 346 g/mol. The number of ether oxygens (including phenoxy) is 1. The van der Waals surface area contributed by atoms with Crippen LogP contribution in [0.15, 0.2) is 36.5 Å². The van der Waals surface area contributed by atoms with Gasteiger partial charge in [-0.25, -0.2) is 4.98 Å². The van der Waals surface area contributed by atoms with Crippen LogP contribution in [0.5, 0.6) is 5.75 Å². The van der Waals surface area contributed by atoms with Crippen molar-refractivity contribution in [2.45, 2.75) is 32.4 Å². The number of halogens is 1. The standard InChI is InChI=1S/C18H20ClN3O2/c1-2-24-16-7-3-12(9-15(16)19)10-20-17-8-4-13(11-21-17)18(23)22-14-5-6-14/h3-4,7-9,11,14H,2,5-6,10H2,1H3,(H,20,21)(H,22,23). The Hall–Kier alpha value is -2.27. The molecule has 2 aromatic rings. The lowest BCUT2D eigenvalue weighted by Gasteiger charge is -2.10. The molecule has 1 aromatic heterocycles. The van der Waals surface area contributed by atoms with Crippen LogP contribution in [0.25, 0.3) is 0 Å². The SMILES string of the molecule is CCOc1ccc(CNc2ccc(C(=O)NC3CC3)cn2)cc1Cl. The van der Waals surface area contributed by atoms with Gasteiger partial charge in [0.15, 0.2) is 0 Å². The Labute approximate surface area is 146 Å². The van der Waals surface area contributed by atoms with Crippen molar-refractivity contribution in [3.05, 3.63) is 52.7 Å². The van der Waals surface area contributed by atoms with Gasteiger partial charge in [-0.2, -0.15) is 0 Å². The molecule has 0 atom stereocenters. The van der Waals surface area contributed by atoms with Gasteiger partial charge < -0.3 is 15.4 Å². The molecule has 3 rings (SSSR count). The normalized spacial score (nSPS) is 13.4. The Morgan fingerprint density at radius 1 is 1.33 bits per heavy atom. The van der Waals surface area contributed by atoms with E-state index in [-0.39, 0.29) is 5.91 Å². The van der Waals surface area contributed by atoms with Crippen LogP contribution in [-0.4, -0.2) is 23.5 Å². The maximum Gasteiger partial charge on any atom is 0.253 e. The number of hydrogen-bond acceptors (Lipinski definition) is 4. The molecule has 1 aliphatic rings. The van der Waals surface area contributed by atoms with E-state index in [1.807, 2.05) is 25.1 Å². The van der Waals surface area contributed by atoms with Crippen LogP contribution in [0, 0.1) is 0 Å². The molecule has 126 valence electrons. The first-order valence-electron chi connectivity index (χ1n) is 8.07. The Morgan fingerprint density at radius 3 is 2.79 bits per heavy atom. The molecule has 24 heavy (non-hydrogen) atoms. The first-order valence-corrected chi connectivity index (χ1v) is 8.45. The van der Waals surface area contributed by atoms with Gasteiger partial charge in [0.05, 0.1) is 17.2 Å². The highest BCUT2D eigenvalue weighted by atomic mass is 35.5. The van der Waals surface area contributed by atoms with E-state index in [0.717, 1.165) is 18.4 Å². The predicted octanol–water partition coefficient (Wildman–Crippen LogP) is 3.64. The number of rotatable bonds is 7. The number of benzene rings is 1. The predicted molar refractivity (Wildman–Crippen MR) is 94.7 cm³/mol. The minimum atomic E-state index is -0.0603. The Balaban J connectivity index is 1.56. The third kappa shape index (κ3) is 4.38. The van der Waals surface area contributed by atoms with Gasteiger partial charge in [0, 0.05) is 18.8 Å². The zero-order valence-corrected chi connectivity index (χ0v) is 14.3. The van der Waals surface area contributed by atoms with Crippen molar-refractivity contribution in [2.24, 2.45) is 0 Å². The minimum Gasteiger partial charge on any atom is -0.492 e. The van der Waals surface area contributed by atoms with E-state index in [9.17, 15) is 4.79 Å². The van der Waals surface area contributed by atoms with Crippen molar-refractivity contribution in [1.82, 2.24) is 10.3 Å². The van der Waals surface area contributed by atoms with Crippen LogP contribution in [0.4, 0.5) is 5.82 Å². The third-order valence-corrected chi connectivity index (χ3v) is 4.00. The summed E-state index contributed by atoms with van der Waals surface area (Å²) in [5, 5.41) is 6.75. The summed E-state index contributed by atoms with van der Waals surface area (Å²) in [6, 6.07) is 9.62. The second-order valence-corrected chi connectivity index (χ2v) is 6.14. The summed E-state index contributed by atoms with van der Waals surface area (Å²) in [5.41, 5.74) is 1.61. The third-order valence-electron chi connectivity index (χ3n) is 3.71. The number of carbonyl (C=O) groups is 1. The summed E-state index contributed by atoms with van der Waals surface area (Å²) in [6.45, 7) is 3.10. The van der Waals surface area contributed by atoms with Crippen LogP contribution in [0.2, 0.25) is 5.02 Å². The number of pyridine rings is 1. The zero-order valence-electron chi connectivity index (χ0n) is 13.5. The molecular formula is C18H20ClN3O2. The van der Waals surface area contributed by atoms with E-state index < -0.39 is 0 Å². The monoisotopic (exact) mass is 345 g/mol. The second-order valence-electron chi connectivity index (χ2n) is 5.73. The van der Waals surface area contributed by atoms with E-state index in [2.05, 4.69) is 15.6 Å². The van der Waals surface area contributed by atoms with Gasteiger partial charge >= 0.3 is 0 Å². The van der Waals surface area contributed by atoms with Crippen molar-refractivity contribution >= 4 is 23.3 Å². The average Bonchev–Trinajstić information content (AvgIpc) is 3.40. The lowest BCUT2D eigenvalue weighted by atomic mass is 10.2. The molecule has 0 bridgehead atoms. The lowest BCUT2D eigenvalue weighted by Crippen LogP contribution is -2.25. The molecule has 1 heterocycles. The number of hydrogen-bond donors (Lipinski definition) is 2. The molecule has 0 spiro atoms. The summed E-state index contributed by atoms with van der Waals surface area (Å²) in [4.78, 5) is 16.2. The van der Waals surface area contributed by atoms with E-state index >= 15 is 0 Å². The van der Waals surface area contributed by atoms with Crippen LogP contribution in [0.3, 0.4) is 0 Å². The molecule has 6 heteroatoms. The number of aromatic nitrogens is 1. The number of nitrogens with one attached hydrogen (secondary N) is 2. The Bertz CT molecular complexity index is 715.